The first-order valence-electron chi connectivity index (χ1n) is 8.18. The second kappa shape index (κ2) is 6.39. The van der Waals surface area contributed by atoms with Gasteiger partial charge in [-0.25, -0.2) is 19.0 Å². The van der Waals surface area contributed by atoms with Crippen LogP contribution in [0.15, 0.2) is 48.9 Å². The fourth-order valence-corrected chi connectivity index (χ4v) is 2.95. The quantitative estimate of drug-likeness (QED) is 0.740. The van der Waals surface area contributed by atoms with Gasteiger partial charge in [0.25, 0.3) is 0 Å². The van der Waals surface area contributed by atoms with E-state index in [9.17, 15) is 4.39 Å². The fraction of sp³-hybridized carbons (Fsp3) is 0.278. The Balaban J connectivity index is 1.61. The summed E-state index contributed by atoms with van der Waals surface area (Å²) in [6.45, 7) is 2.02. The summed E-state index contributed by atoms with van der Waals surface area (Å²) >= 11 is 0. The van der Waals surface area contributed by atoms with E-state index in [2.05, 4.69) is 20.0 Å². The van der Waals surface area contributed by atoms with Crippen molar-refractivity contribution in [2.24, 2.45) is 0 Å². The van der Waals surface area contributed by atoms with E-state index in [1.165, 1.54) is 31.4 Å². The Labute approximate surface area is 139 Å². The van der Waals surface area contributed by atoms with Gasteiger partial charge in [-0.3, -0.25) is 0 Å². The normalized spacial score (nSPS) is 14.8. The largest absolute Gasteiger partial charge is 0.341 e. The SMILES string of the molecule is Fc1ccc(-n2cc(-c3ccnc(N4CCCCC4)n3)cn2)cc1. The predicted octanol–water partition coefficient (Wildman–Crippen LogP) is 3.46. The van der Waals surface area contributed by atoms with Crippen LogP contribution >= 0.6 is 0 Å². The van der Waals surface area contributed by atoms with Gasteiger partial charge in [0, 0.05) is 31.0 Å². The molecule has 1 saturated heterocycles. The van der Waals surface area contributed by atoms with E-state index in [0.717, 1.165) is 36.0 Å². The zero-order valence-electron chi connectivity index (χ0n) is 13.3. The molecule has 24 heavy (non-hydrogen) atoms. The summed E-state index contributed by atoms with van der Waals surface area (Å²) in [7, 11) is 0. The minimum Gasteiger partial charge on any atom is -0.341 e. The summed E-state index contributed by atoms with van der Waals surface area (Å²) in [6.07, 6.45) is 9.12. The number of halogens is 1. The highest BCUT2D eigenvalue weighted by Crippen LogP contribution is 2.21. The first-order chi connectivity index (χ1) is 11.8. The molecule has 3 heterocycles. The summed E-state index contributed by atoms with van der Waals surface area (Å²) in [5.41, 5.74) is 2.58. The standard InChI is InChI=1S/C18H18FN5/c19-15-4-6-16(7-5-15)24-13-14(12-21-24)17-8-9-20-18(22-17)23-10-2-1-3-11-23/h4-9,12-13H,1-3,10-11H2. The van der Waals surface area contributed by atoms with E-state index in [-0.39, 0.29) is 5.82 Å². The number of benzene rings is 1. The van der Waals surface area contributed by atoms with Crippen molar-refractivity contribution in [3.8, 4) is 16.9 Å². The Kier molecular flexibility index (Phi) is 3.94. The van der Waals surface area contributed by atoms with E-state index in [1.807, 2.05) is 12.3 Å². The fourth-order valence-electron chi connectivity index (χ4n) is 2.95. The van der Waals surface area contributed by atoms with Gasteiger partial charge in [-0.15, -0.1) is 0 Å². The summed E-state index contributed by atoms with van der Waals surface area (Å²) < 4.78 is 14.8. The molecule has 1 aliphatic heterocycles. The Hall–Kier alpha value is -2.76. The highest BCUT2D eigenvalue weighted by molar-refractivity contribution is 5.59. The van der Waals surface area contributed by atoms with Gasteiger partial charge in [-0.1, -0.05) is 0 Å². The van der Waals surface area contributed by atoms with Crippen LogP contribution in [0.25, 0.3) is 16.9 Å². The highest BCUT2D eigenvalue weighted by atomic mass is 19.1. The molecule has 3 aromatic rings. The Morgan fingerprint density at radius 3 is 2.54 bits per heavy atom. The number of hydrogen-bond donors (Lipinski definition) is 0. The average Bonchev–Trinajstić information content (AvgIpc) is 3.13. The van der Waals surface area contributed by atoms with Gasteiger partial charge in [0.15, 0.2) is 0 Å². The summed E-state index contributed by atoms with van der Waals surface area (Å²) in [4.78, 5) is 11.3. The summed E-state index contributed by atoms with van der Waals surface area (Å²) in [5.74, 6) is 0.523. The monoisotopic (exact) mass is 323 g/mol. The van der Waals surface area contributed by atoms with Gasteiger partial charge in [-0.2, -0.15) is 5.10 Å². The zero-order valence-corrected chi connectivity index (χ0v) is 13.3. The summed E-state index contributed by atoms with van der Waals surface area (Å²) in [6, 6.07) is 8.14. The molecule has 6 heteroatoms. The Bertz CT molecular complexity index is 821. The lowest BCUT2D eigenvalue weighted by atomic mass is 10.1. The molecule has 1 aromatic carbocycles. The first kappa shape index (κ1) is 14.8. The molecule has 1 fully saturated rings. The molecule has 2 aromatic heterocycles. The molecule has 4 rings (SSSR count). The predicted molar refractivity (Wildman–Crippen MR) is 90.6 cm³/mol. The molecule has 1 aliphatic rings. The molecule has 122 valence electrons. The van der Waals surface area contributed by atoms with Crippen LogP contribution in [0.2, 0.25) is 0 Å². The van der Waals surface area contributed by atoms with Crippen LogP contribution in [0.4, 0.5) is 10.3 Å². The van der Waals surface area contributed by atoms with Crippen LogP contribution < -0.4 is 4.90 Å². The lowest BCUT2D eigenvalue weighted by Gasteiger charge is -2.26. The lowest BCUT2D eigenvalue weighted by Crippen LogP contribution is -2.30. The number of aromatic nitrogens is 4. The maximum absolute atomic E-state index is 13.0. The van der Waals surface area contributed by atoms with Gasteiger partial charge >= 0.3 is 0 Å². The van der Waals surface area contributed by atoms with E-state index in [1.54, 1.807) is 29.2 Å². The molecule has 0 saturated carbocycles. The van der Waals surface area contributed by atoms with Crippen LogP contribution in [-0.4, -0.2) is 32.8 Å². The molecule has 0 aliphatic carbocycles. The molecule has 0 unspecified atom stereocenters. The van der Waals surface area contributed by atoms with Crippen molar-refractivity contribution in [2.75, 3.05) is 18.0 Å². The first-order valence-corrected chi connectivity index (χ1v) is 8.18. The Morgan fingerprint density at radius 2 is 1.75 bits per heavy atom. The number of anilines is 1. The molecular formula is C18H18FN5. The van der Waals surface area contributed by atoms with Crippen LogP contribution in [0.1, 0.15) is 19.3 Å². The van der Waals surface area contributed by atoms with Crippen LogP contribution in [0.5, 0.6) is 0 Å². The van der Waals surface area contributed by atoms with Crippen molar-refractivity contribution in [3.63, 3.8) is 0 Å². The van der Waals surface area contributed by atoms with Crippen LogP contribution in [-0.2, 0) is 0 Å². The van der Waals surface area contributed by atoms with E-state index in [4.69, 9.17) is 0 Å². The maximum atomic E-state index is 13.0. The van der Waals surface area contributed by atoms with Crippen molar-refractivity contribution in [1.82, 2.24) is 19.7 Å². The van der Waals surface area contributed by atoms with Gasteiger partial charge in [0.05, 0.1) is 17.6 Å². The molecule has 0 spiro atoms. The average molecular weight is 323 g/mol. The second-order valence-corrected chi connectivity index (χ2v) is 5.94. The topological polar surface area (TPSA) is 46.8 Å². The van der Waals surface area contributed by atoms with Gasteiger partial charge < -0.3 is 4.90 Å². The van der Waals surface area contributed by atoms with Crippen LogP contribution in [0.3, 0.4) is 0 Å². The zero-order chi connectivity index (χ0) is 16.4. The minimum absolute atomic E-state index is 0.256. The third kappa shape index (κ3) is 2.99. The van der Waals surface area contributed by atoms with Gasteiger partial charge in [0.2, 0.25) is 5.95 Å². The van der Waals surface area contributed by atoms with E-state index < -0.39 is 0 Å². The van der Waals surface area contributed by atoms with E-state index in [0.29, 0.717) is 0 Å². The van der Waals surface area contributed by atoms with Crippen LogP contribution in [0, 0.1) is 5.82 Å². The van der Waals surface area contributed by atoms with Gasteiger partial charge in [0.1, 0.15) is 5.82 Å². The van der Waals surface area contributed by atoms with E-state index >= 15 is 0 Å². The third-order valence-electron chi connectivity index (χ3n) is 4.25. The third-order valence-corrected chi connectivity index (χ3v) is 4.25. The van der Waals surface area contributed by atoms with Crippen molar-refractivity contribution in [2.45, 2.75) is 19.3 Å². The molecular weight excluding hydrogens is 305 g/mol. The number of nitrogens with zero attached hydrogens (tertiary/aromatic N) is 5. The molecule has 0 bridgehead atoms. The molecule has 0 atom stereocenters. The second-order valence-electron chi connectivity index (χ2n) is 5.94. The number of hydrogen-bond acceptors (Lipinski definition) is 4. The molecule has 0 amide bonds. The number of rotatable bonds is 3. The van der Waals surface area contributed by atoms with Gasteiger partial charge in [-0.05, 0) is 49.6 Å². The Morgan fingerprint density at radius 1 is 0.958 bits per heavy atom. The van der Waals surface area contributed by atoms with Crippen molar-refractivity contribution in [3.05, 3.63) is 54.7 Å². The molecule has 0 radical (unpaired) electrons. The minimum atomic E-state index is -0.256. The van der Waals surface area contributed by atoms with Crippen molar-refractivity contribution in [1.29, 1.82) is 0 Å². The number of piperidine rings is 1. The maximum Gasteiger partial charge on any atom is 0.225 e. The lowest BCUT2D eigenvalue weighted by molar-refractivity contribution is 0.568. The smallest absolute Gasteiger partial charge is 0.225 e. The van der Waals surface area contributed by atoms with Crippen molar-refractivity contribution >= 4 is 5.95 Å². The summed E-state index contributed by atoms with van der Waals surface area (Å²) in [5, 5.41) is 4.35. The van der Waals surface area contributed by atoms with Crippen molar-refractivity contribution < 1.29 is 4.39 Å². The molecule has 5 nitrogen and oxygen atoms in total. The highest BCUT2D eigenvalue weighted by Gasteiger charge is 2.14. The molecule has 0 N–H and O–H groups in total.